The second-order valence-electron chi connectivity index (χ2n) is 10.1. The molecule has 0 saturated carbocycles. The largest absolute Gasteiger partial charge is 0.377 e. The number of rotatable bonds is 7. The summed E-state index contributed by atoms with van der Waals surface area (Å²) in [5.74, 6) is 0.947. The molecule has 1 aromatic carbocycles. The van der Waals surface area contributed by atoms with Gasteiger partial charge in [-0.3, -0.25) is 18.9 Å². The van der Waals surface area contributed by atoms with Crippen LogP contribution in [-0.4, -0.2) is 41.5 Å². The van der Waals surface area contributed by atoms with Crippen LogP contribution in [0.2, 0.25) is 5.15 Å². The third kappa shape index (κ3) is 5.07. The Morgan fingerprint density at radius 1 is 1.14 bits per heavy atom. The highest BCUT2D eigenvalue weighted by atomic mass is 35.5. The van der Waals surface area contributed by atoms with E-state index in [0.717, 1.165) is 28.2 Å². The minimum Gasteiger partial charge on any atom is -0.377 e. The number of anilines is 2. The van der Waals surface area contributed by atoms with Crippen molar-refractivity contribution >= 4 is 52.0 Å². The zero-order valence-electron chi connectivity index (χ0n) is 23.4. The average Bonchev–Trinajstić information content (AvgIpc) is 3.56. The van der Waals surface area contributed by atoms with Crippen LogP contribution < -0.4 is 20.5 Å². The number of hydrogen-bond donors (Lipinski definition) is 2. The minimum atomic E-state index is -0.360. The van der Waals surface area contributed by atoms with E-state index in [0.29, 0.717) is 35.6 Å². The molecule has 13 heteroatoms. The summed E-state index contributed by atoms with van der Waals surface area (Å²) in [7, 11) is 1.74. The van der Waals surface area contributed by atoms with Crippen molar-refractivity contribution in [2.75, 3.05) is 16.5 Å². The summed E-state index contributed by atoms with van der Waals surface area (Å²) >= 11 is 7.28. The molecule has 5 heterocycles. The Hall–Kier alpha value is -4.42. The maximum absolute atomic E-state index is 13.7. The van der Waals surface area contributed by atoms with Gasteiger partial charge in [0.15, 0.2) is 11.5 Å². The quantitative estimate of drug-likeness (QED) is 0.204. The molecule has 1 aliphatic rings. The summed E-state index contributed by atoms with van der Waals surface area (Å²) in [4.78, 5) is 42.1. The third-order valence-electron chi connectivity index (χ3n) is 7.19. The van der Waals surface area contributed by atoms with Crippen molar-refractivity contribution in [1.82, 2.24) is 34.0 Å². The maximum Gasteiger partial charge on any atom is 0.281 e. The fraction of sp³-hybridized carbons (Fsp3) is 0.241. The van der Waals surface area contributed by atoms with Crippen molar-refractivity contribution in [3.63, 3.8) is 0 Å². The first kappa shape index (κ1) is 27.7. The summed E-state index contributed by atoms with van der Waals surface area (Å²) in [5.41, 5.74) is 4.89. The second-order valence-corrected chi connectivity index (χ2v) is 11.1. The summed E-state index contributed by atoms with van der Waals surface area (Å²) in [6.07, 6.45) is 5.47. The summed E-state index contributed by atoms with van der Waals surface area (Å²) < 4.78 is 6.07. The molecule has 1 atom stereocenters. The van der Waals surface area contributed by atoms with Gasteiger partial charge in [0, 0.05) is 43.4 Å². The van der Waals surface area contributed by atoms with Crippen LogP contribution in [0.1, 0.15) is 45.8 Å². The van der Waals surface area contributed by atoms with Gasteiger partial charge in [-0.15, -0.1) is 0 Å². The molecule has 0 aliphatic carbocycles. The average molecular weight is 602 g/mol. The molecule has 0 saturated heterocycles. The van der Waals surface area contributed by atoms with Crippen LogP contribution in [0.25, 0.3) is 16.7 Å². The van der Waals surface area contributed by atoms with Gasteiger partial charge in [0.05, 0.1) is 34.9 Å². The first-order valence-electron chi connectivity index (χ1n) is 13.2. The van der Waals surface area contributed by atoms with Crippen molar-refractivity contribution in [1.29, 1.82) is 0 Å². The van der Waals surface area contributed by atoms with Gasteiger partial charge in [-0.05, 0) is 49.7 Å². The molecule has 0 radical (unpaired) electrons. The zero-order valence-corrected chi connectivity index (χ0v) is 25.0. The number of hydrogen-bond acceptors (Lipinski definition) is 9. The molecule has 1 aliphatic heterocycles. The molecular formula is C29H28ClN9O2S. The Kier molecular flexibility index (Phi) is 7.33. The van der Waals surface area contributed by atoms with E-state index in [1.807, 2.05) is 50.4 Å². The van der Waals surface area contributed by atoms with E-state index in [-0.39, 0.29) is 28.4 Å². The monoisotopic (exact) mass is 601 g/mol. The van der Waals surface area contributed by atoms with Gasteiger partial charge in [0.1, 0.15) is 5.15 Å². The van der Waals surface area contributed by atoms with Crippen molar-refractivity contribution in [2.45, 2.75) is 33.0 Å². The molecule has 0 spiro atoms. The smallest absolute Gasteiger partial charge is 0.281 e. The van der Waals surface area contributed by atoms with E-state index in [1.165, 1.54) is 11.9 Å². The molecule has 1 unspecified atom stereocenters. The van der Waals surface area contributed by atoms with Crippen LogP contribution in [0, 0.1) is 6.92 Å². The number of aromatic nitrogens is 6. The number of nitrogens with one attached hydrogen (secondary N) is 2. The van der Waals surface area contributed by atoms with E-state index in [1.54, 1.807) is 40.9 Å². The fourth-order valence-corrected chi connectivity index (χ4v) is 5.66. The van der Waals surface area contributed by atoms with Crippen molar-refractivity contribution in [2.24, 2.45) is 7.05 Å². The van der Waals surface area contributed by atoms with Crippen LogP contribution in [0.15, 0.2) is 59.7 Å². The standard InChI is InChI=1S/C29H28ClN9O2S/c1-16-11-19(17(2)32-21-8-9-23(30)33-26(21)27(40)36-42-4)25-20(12-16)28(41)37(3)29(34-25)38-13-18-14-39(35-22(18)15-38)24-7-5-6-10-31-24/h5-12,14,17,32H,13,15H2,1-4H3,(H,36,40). The van der Waals surface area contributed by atoms with Gasteiger partial charge in [-0.2, -0.15) is 5.10 Å². The highest BCUT2D eigenvalue weighted by molar-refractivity contribution is 7.97. The first-order valence-corrected chi connectivity index (χ1v) is 14.8. The van der Waals surface area contributed by atoms with E-state index in [2.05, 4.69) is 24.9 Å². The zero-order chi connectivity index (χ0) is 29.5. The van der Waals surface area contributed by atoms with Crippen LogP contribution in [0.3, 0.4) is 0 Å². The van der Waals surface area contributed by atoms with E-state index < -0.39 is 0 Å². The molecule has 0 fully saturated rings. The Morgan fingerprint density at radius 2 is 1.98 bits per heavy atom. The molecule has 0 bridgehead atoms. The number of carbonyl (C=O) groups is 1. The molecule has 42 heavy (non-hydrogen) atoms. The van der Waals surface area contributed by atoms with Crippen molar-refractivity contribution < 1.29 is 4.79 Å². The van der Waals surface area contributed by atoms with Crippen LogP contribution in [-0.2, 0) is 20.1 Å². The third-order valence-corrected chi connectivity index (χ3v) is 7.79. The van der Waals surface area contributed by atoms with Gasteiger partial charge in [0.25, 0.3) is 11.5 Å². The summed E-state index contributed by atoms with van der Waals surface area (Å²) in [6.45, 7) is 4.99. The number of benzene rings is 1. The Labute approximate surface area is 251 Å². The van der Waals surface area contributed by atoms with E-state index in [9.17, 15) is 9.59 Å². The van der Waals surface area contributed by atoms with Gasteiger partial charge in [-0.25, -0.2) is 19.6 Å². The number of amides is 1. The lowest BCUT2D eigenvalue weighted by molar-refractivity contribution is 0.0980. The number of nitrogens with zero attached hydrogens (tertiary/aromatic N) is 7. The predicted octanol–water partition coefficient (Wildman–Crippen LogP) is 4.57. The highest BCUT2D eigenvalue weighted by Gasteiger charge is 2.28. The molecule has 11 nitrogen and oxygen atoms in total. The van der Waals surface area contributed by atoms with Gasteiger partial charge in [0.2, 0.25) is 5.95 Å². The van der Waals surface area contributed by atoms with Gasteiger partial charge in [-0.1, -0.05) is 35.7 Å². The van der Waals surface area contributed by atoms with E-state index in [4.69, 9.17) is 21.7 Å². The van der Waals surface area contributed by atoms with Crippen LogP contribution in [0.5, 0.6) is 0 Å². The first-order chi connectivity index (χ1) is 20.2. The summed E-state index contributed by atoms with van der Waals surface area (Å²) in [6, 6.07) is 12.6. The SMILES string of the molecule is CSNC(=O)c1nc(Cl)ccc1NC(C)c1cc(C)cc2c(=O)n(C)c(N3Cc4cn(-c5ccccn5)nc4C3)nc12. The van der Waals surface area contributed by atoms with Crippen molar-refractivity contribution in [3.8, 4) is 5.82 Å². The molecule has 6 rings (SSSR count). The number of carbonyl (C=O) groups excluding carboxylic acids is 1. The lowest BCUT2D eigenvalue weighted by Gasteiger charge is -2.23. The Balaban J connectivity index is 1.36. The number of pyridine rings is 2. The lowest BCUT2D eigenvalue weighted by atomic mass is 10.0. The lowest BCUT2D eigenvalue weighted by Crippen LogP contribution is -2.29. The number of fused-ring (bicyclic) bond motifs is 2. The summed E-state index contributed by atoms with van der Waals surface area (Å²) in [5, 5.41) is 8.87. The normalized spacial score (nSPS) is 13.3. The molecule has 4 aromatic heterocycles. The van der Waals surface area contributed by atoms with E-state index >= 15 is 0 Å². The molecule has 214 valence electrons. The molecule has 2 N–H and O–H groups in total. The van der Waals surface area contributed by atoms with Crippen molar-refractivity contribution in [3.05, 3.63) is 98.4 Å². The fourth-order valence-electron chi connectivity index (χ4n) is 5.23. The van der Waals surface area contributed by atoms with Crippen LogP contribution in [0.4, 0.5) is 11.6 Å². The Bertz CT molecular complexity index is 1870. The predicted molar refractivity (Wildman–Crippen MR) is 165 cm³/mol. The number of halogens is 1. The van der Waals surface area contributed by atoms with Gasteiger partial charge >= 0.3 is 0 Å². The minimum absolute atomic E-state index is 0.136. The topological polar surface area (TPSA) is 123 Å². The second kappa shape index (κ2) is 11.1. The van der Waals surface area contributed by atoms with Crippen LogP contribution >= 0.6 is 23.5 Å². The molecule has 1 amide bonds. The number of aryl methyl sites for hydroxylation is 1. The Morgan fingerprint density at radius 3 is 2.71 bits per heavy atom. The molecule has 5 aromatic rings. The highest BCUT2D eigenvalue weighted by Crippen LogP contribution is 2.31. The van der Waals surface area contributed by atoms with Gasteiger partial charge < -0.3 is 10.2 Å². The maximum atomic E-state index is 13.7. The molecular weight excluding hydrogens is 574 g/mol.